The van der Waals surface area contributed by atoms with E-state index in [1.807, 2.05) is 25.2 Å². The van der Waals surface area contributed by atoms with Gasteiger partial charge in [0.25, 0.3) is 0 Å². The maximum atomic E-state index is 5.91. The number of nitrogens with zero attached hydrogens (tertiary/aromatic N) is 1. The van der Waals surface area contributed by atoms with Gasteiger partial charge in [0, 0.05) is 34.6 Å². The van der Waals surface area contributed by atoms with Crippen LogP contribution in [-0.4, -0.2) is 4.57 Å². The highest BCUT2D eigenvalue weighted by Gasteiger charge is 2.10. The normalized spacial score (nSPS) is 11.8. The topological polar surface area (TPSA) is 18.1 Å². The van der Waals surface area contributed by atoms with Crippen molar-refractivity contribution < 1.29 is 4.42 Å². The van der Waals surface area contributed by atoms with Crippen molar-refractivity contribution in [3.8, 4) is 0 Å². The van der Waals surface area contributed by atoms with Crippen molar-refractivity contribution in [2.75, 3.05) is 0 Å². The van der Waals surface area contributed by atoms with E-state index < -0.39 is 0 Å². The Kier molecular flexibility index (Phi) is 1.81. The van der Waals surface area contributed by atoms with Gasteiger partial charge in [0.05, 0.1) is 5.52 Å². The van der Waals surface area contributed by atoms with Crippen molar-refractivity contribution >= 4 is 46.0 Å². The molecule has 0 radical (unpaired) electrons. The van der Waals surface area contributed by atoms with Gasteiger partial charge in [-0.05, 0) is 17.4 Å². The lowest BCUT2D eigenvalue weighted by Gasteiger charge is -1.96. The summed E-state index contributed by atoms with van der Waals surface area (Å²) in [6.45, 7) is 8.19. The van der Waals surface area contributed by atoms with Crippen LogP contribution in [0.15, 0.2) is 40.8 Å². The molecule has 4 rings (SSSR count). The molecule has 2 aromatic carbocycles. The van der Waals surface area contributed by atoms with E-state index in [9.17, 15) is 0 Å². The number of furan rings is 1. The Balaban J connectivity index is 2.34. The van der Waals surface area contributed by atoms with E-state index in [2.05, 4.69) is 35.9 Å². The van der Waals surface area contributed by atoms with Crippen molar-refractivity contribution in [3.05, 3.63) is 47.0 Å². The molecule has 0 amide bonds. The standard InChI is InChI=1S/C17H13NO/c1-10-11(2)18(3)15-9-17-14(8-13(10)15)12-6-4-5-7-16(12)19-17/h4-9H,1-2H2,3H3. The van der Waals surface area contributed by atoms with Gasteiger partial charge in [0.1, 0.15) is 11.2 Å². The van der Waals surface area contributed by atoms with Gasteiger partial charge in [0.2, 0.25) is 0 Å². The van der Waals surface area contributed by atoms with Gasteiger partial charge in [-0.3, -0.25) is 0 Å². The second-order valence-corrected chi connectivity index (χ2v) is 4.95. The Morgan fingerprint density at radius 3 is 2.58 bits per heavy atom. The fraction of sp³-hybridized carbons (Fsp3) is 0.0588. The van der Waals surface area contributed by atoms with Crippen LogP contribution in [-0.2, 0) is 7.05 Å². The minimum absolute atomic E-state index is 0.911. The first kappa shape index (κ1) is 10.4. The molecule has 0 atom stereocenters. The maximum Gasteiger partial charge on any atom is 0.137 e. The summed E-state index contributed by atoms with van der Waals surface area (Å²) in [5.41, 5.74) is 2.95. The molecule has 0 bridgehead atoms. The largest absolute Gasteiger partial charge is 0.456 e. The number of aromatic nitrogens is 1. The highest BCUT2D eigenvalue weighted by molar-refractivity contribution is 6.09. The van der Waals surface area contributed by atoms with E-state index in [1.165, 1.54) is 0 Å². The first-order valence-corrected chi connectivity index (χ1v) is 6.24. The molecule has 2 nitrogen and oxygen atoms in total. The number of rotatable bonds is 0. The molecule has 92 valence electrons. The van der Waals surface area contributed by atoms with E-state index in [0.717, 1.165) is 43.4 Å². The Morgan fingerprint density at radius 1 is 0.947 bits per heavy atom. The quantitative estimate of drug-likeness (QED) is 0.467. The predicted octanol–water partition coefficient (Wildman–Crippen LogP) is 2.90. The third-order valence-corrected chi connectivity index (χ3v) is 3.93. The zero-order valence-electron chi connectivity index (χ0n) is 10.7. The lowest BCUT2D eigenvalue weighted by atomic mass is 10.1. The molecule has 0 N–H and O–H groups in total. The van der Waals surface area contributed by atoms with E-state index >= 15 is 0 Å². The minimum atomic E-state index is 0.911. The van der Waals surface area contributed by atoms with Crippen LogP contribution in [0.1, 0.15) is 0 Å². The molecule has 0 spiro atoms. The Hall–Kier alpha value is -2.48. The highest BCUT2D eigenvalue weighted by Crippen LogP contribution is 2.30. The summed E-state index contributed by atoms with van der Waals surface area (Å²) in [6, 6.07) is 12.3. The molecular formula is C17H13NO. The van der Waals surface area contributed by atoms with Crippen LogP contribution in [0.5, 0.6) is 0 Å². The van der Waals surface area contributed by atoms with Crippen LogP contribution in [0.3, 0.4) is 0 Å². The zero-order chi connectivity index (χ0) is 13.1. The molecule has 2 aromatic heterocycles. The molecule has 4 aromatic rings. The van der Waals surface area contributed by atoms with Gasteiger partial charge < -0.3 is 8.98 Å². The highest BCUT2D eigenvalue weighted by atomic mass is 16.3. The molecular weight excluding hydrogens is 234 g/mol. The molecule has 0 fully saturated rings. The van der Waals surface area contributed by atoms with Crippen LogP contribution in [0.25, 0.3) is 46.0 Å². The molecule has 0 saturated heterocycles. The Morgan fingerprint density at radius 2 is 1.74 bits per heavy atom. The fourth-order valence-corrected chi connectivity index (χ4v) is 2.78. The van der Waals surface area contributed by atoms with E-state index in [-0.39, 0.29) is 0 Å². The second-order valence-electron chi connectivity index (χ2n) is 4.95. The van der Waals surface area contributed by atoms with E-state index in [1.54, 1.807) is 0 Å². The summed E-state index contributed by atoms with van der Waals surface area (Å²) in [5.74, 6) is 0. The summed E-state index contributed by atoms with van der Waals surface area (Å²) >= 11 is 0. The van der Waals surface area contributed by atoms with Gasteiger partial charge in [-0.15, -0.1) is 0 Å². The van der Waals surface area contributed by atoms with Crippen LogP contribution >= 0.6 is 0 Å². The SMILES string of the molecule is C=c1c(=C)n(C)c2cc3oc4ccccc4c3cc12. The smallest absolute Gasteiger partial charge is 0.137 e. The fourth-order valence-electron chi connectivity index (χ4n) is 2.78. The molecule has 0 unspecified atom stereocenters. The Bertz CT molecular complexity index is 1050. The summed E-state index contributed by atoms with van der Waals surface area (Å²) in [7, 11) is 2.01. The summed E-state index contributed by atoms with van der Waals surface area (Å²) in [5, 5.41) is 5.37. The molecule has 0 aliphatic rings. The third kappa shape index (κ3) is 1.21. The van der Waals surface area contributed by atoms with Crippen molar-refractivity contribution in [2.24, 2.45) is 7.05 Å². The minimum Gasteiger partial charge on any atom is -0.456 e. The lowest BCUT2D eigenvalue weighted by molar-refractivity contribution is 0.669. The predicted molar refractivity (Wildman–Crippen MR) is 80.5 cm³/mol. The first-order chi connectivity index (χ1) is 9.16. The average molecular weight is 247 g/mol. The van der Waals surface area contributed by atoms with Gasteiger partial charge in [-0.25, -0.2) is 0 Å². The summed E-state index contributed by atoms with van der Waals surface area (Å²) in [6.07, 6.45) is 0. The van der Waals surface area contributed by atoms with Gasteiger partial charge in [0.15, 0.2) is 0 Å². The van der Waals surface area contributed by atoms with E-state index in [4.69, 9.17) is 4.42 Å². The van der Waals surface area contributed by atoms with Crippen molar-refractivity contribution in [2.45, 2.75) is 0 Å². The molecule has 2 heteroatoms. The number of hydrogen-bond donors (Lipinski definition) is 0. The van der Waals surface area contributed by atoms with Crippen LogP contribution in [0.2, 0.25) is 0 Å². The van der Waals surface area contributed by atoms with Gasteiger partial charge in [-0.2, -0.15) is 0 Å². The van der Waals surface area contributed by atoms with Crippen molar-refractivity contribution in [1.29, 1.82) is 0 Å². The first-order valence-electron chi connectivity index (χ1n) is 6.24. The van der Waals surface area contributed by atoms with Crippen LogP contribution < -0.4 is 10.6 Å². The number of hydrogen-bond acceptors (Lipinski definition) is 1. The summed E-state index contributed by atoms with van der Waals surface area (Å²) < 4.78 is 7.97. The maximum absolute atomic E-state index is 5.91. The Labute approximate surface area is 109 Å². The summed E-state index contributed by atoms with van der Waals surface area (Å²) in [4.78, 5) is 0. The number of para-hydroxylation sites is 1. The van der Waals surface area contributed by atoms with Gasteiger partial charge in [-0.1, -0.05) is 31.4 Å². The molecule has 0 aliphatic carbocycles. The number of aryl methyl sites for hydroxylation is 1. The molecule has 0 aliphatic heterocycles. The third-order valence-electron chi connectivity index (χ3n) is 3.93. The lowest BCUT2D eigenvalue weighted by Crippen LogP contribution is -2.24. The molecule has 2 heterocycles. The van der Waals surface area contributed by atoms with Crippen molar-refractivity contribution in [3.63, 3.8) is 0 Å². The molecule has 19 heavy (non-hydrogen) atoms. The second kappa shape index (κ2) is 3.29. The van der Waals surface area contributed by atoms with Crippen LogP contribution in [0, 0.1) is 0 Å². The monoisotopic (exact) mass is 247 g/mol. The van der Waals surface area contributed by atoms with Crippen molar-refractivity contribution in [1.82, 2.24) is 4.57 Å². The average Bonchev–Trinajstić information content (AvgIpc) is 2.89. The van der Waals surface area contributed by atoms with Crippen LogP contribution in [0.4, 0.5) is 0 Å². The van der Waals surface area contributed by atoms with E-state index in [0.29, 0.717) is 0 Å². The number of benzene rings is 2. The molecule has 0 saturated carbocycles. The van der Waals surface area contributed by atoms with Gasteiger partial charge >= 0.3 is 0 Å². The zero-order valence-corrected chi connectivity index (χ0v) is 10.7. The number of fused-ring (bicyclic) bond motifs is 4.